The molecular formula is C16H21N5O3. The van der Waals surface area contributed by atoms with Gasteiger partial charge >= 0.3 is 6.03 Å². The van der Waals surface area contributed by atoms with Gasteiger partial charge in [0.2, 0.25) is 0 Å². The number of fused-ring (bicyclic) bond motifs is 1. The predicted octanol–water partition coefficient (Wildman–Crippen LogP) is 1.19. The Kier molecular flexibility index (Phi) is 4.83. The lowest BCUT2D eigenvalue weighted by molar-refractivity contribution is 0.171. The van der Waals surface area contributed by atoms with E-state index in [-0.39, 0.29) is 12.1 Å². The Morgan fingerprint density at radius 2 is 2.12 bits per heavy atom. The van der Waals surface area contributed by atoms with E-state index in [1.54, 1.807) is 10.9 Å². The van der Waals surface area contributed by atoms with Gasteiger partial charge in [-0.15, -0.1) is 10.2 Å². The van der Waals surface area contributed by atoms with E-state index in [0.717, 1.165) is 17.1 Å². The molecule has 8 heteroatoms. The van der Waals surface area contributed by atoms with Crippen LogP contribution in [0.15, 0.2) is 24.5 Å². The van der Waals surface area contributed by atoms with Crippen molar-refractivity contribution in [2.75, 3.05) is 19.8 Å². The summed E-state index contributed by atoms with van der Waals surface area (Å²) in [6.45, 7) is 3.54. The average Bonchev–Trinajstić information content (AvgIpc) is 3.01. The number of nitrogens with zero attached hydrogens (tertiary/aromatic N) is 3. The second-order valence-electron chi connectivity index (χ2n) is 5.65. The predicted molar refractivity (Wildman–Crippen MR) is 87.1 cm³/mol. The number of carbonyl (C=O) groups is 1. The summed E-state index contributed by atoms with van der Waals surface area (Å²) in [4.78, 5) is 12.0. The minimum absolute atomic E-state index is 0.216. The number of nitrogens with one attached hydrogen (secondary N) is 2. The fraction of sp³-hybridized carbons (Fsp3) is 0.438. The molecule has 2 N–H and O–H groups in total. The first kappa shape index (κ1) is 16.1. The van der Waals surface area contributed by atoms with E-state index in [1.807, 2.05) is 32.2 Å². The van der Waals surface area contributed by atoms with Crippen LogP contribution in [0.4, 0.5) is 4.79 Å². The number of aromatic nitrogens is 3. The van der Waals surface area contributed by atoms with Gasteiger partial charge in [0, 0.05) is 13.6 Å². The summed E-state index contributed by atoms with van der Waals surface area (Å²) in [7, 11) is 1.84. The van der Waals surface area contributed by atoms with E-state index >= 15 is 0 Å². The van der Waals surface area contributed by atoms with Gasteiger partial charge in [-0.1, -0.05) is 6.07 Å². The maximum absolute atomic E-state index is 12.0. The van der Waals surface area contributed by atoms with E-state index in [1.165, 1.54) is 0 Å². The first-order chi connectivity index (χ1) is 11.6. The first-order valence-electron chi connectivity index (χ1n) is 7.90. The molecule has 1 aliphatic rings. The van der Waals surface area contributed by atoms with Crippen LogP contribution in [0.1, 0.15) is 24.4 Å². The van der Waals surface area contributed by atoms with Crippen molar-refractivity contribution in [2.24, 2.45) is 7.05 Å². The molecule has 0 aliphatic carbocycles. The lowest BCUT2D eigenvalue weighted by atomic mass is 10.1. The lowest BCUT2D eigenvalue weighted by Gasteiger charge is -2.19. The molecule has 0 saturated heterocycles. The van der Waals surface area contributed by atoms with Crippen molar-refractivity contribution in [3.63, 3.8) is 0 Å². The van der Waals surface area contributed by atoms with Gasteiger partial charge in [0.15, 0.2) is 17.3 Å². The molecule has 0 bridgehead atoms. The second kappa shape index (κ2) is 7.20. The van der Waals surface area contributed by atoms with Crippen molar-refractivity contribution in [3.05, 3.63) is 35.9 Å². The van der Waals surface area contributed by atoms with Crippen LogP contribution in [0.3, 0.4) is 0 Å². The standard InChI is InChI=1S/C16H21N5O3/c1-11(15-20-18-10-21(15)2)19-16(22)17-6-5-12-3-4-13-14(9-12)24-8-7-23-13/h3-4,9-11H,5-8H2,1-2H3,(H2,17,19,22)/t11-/m1/s1. The molecule has 8 nitrogen and oxygen atoms in total. The minimum Gasteiger partial charge on any atom is -0.486 e. The number of aryl methyl sites for hydroxylation is 1. The van der Waals surface area contributed by atoms with Crippen molar-refractivity contribution in [1.82, 2.24) is 25.4 Å². The highest BCUT2D eigenvalue weighted by molar-refractivity contribution is 5.74. The molecule has 0 spiro atoms. The molecule has 0 radical (unpaired) electrons. The SMILES string of the molecule is C[C@@H](NC(=O)NCCc1ccc2c(c1)OCCO2)c1nncn1C. The zero-order valence-corrected chi connectivity index (χ0v) is 13.8. The lowest BCUT2D eigenvalue weighted by Crippen LogP contribution is -2.38. The number of rotatable bonds is 5. The average molecular weight is 331 g/mol. The van der Waals surface area contributed by atoms with Crippen molar-refractivity contribution in [1.29, 1.82) is 0 Å². The number of amides is 2. The molecule has 0 saturated carbocycles. The molecule has 1 atom stereocenters. The van der Waals surface area contributed by atoms with Crippen LogP contribution in [0.2, 0.25) is 0 Å². The number of carbonyl (C=O) groups excluding carboxylic acids is 1. The molecule has 24 heavy (non-hydrogen) atoms. The van der Waals surface area contributed by atoms with Gasteiger partial charge < -0.3 is 24.7 Å². The van der Waals surface area contributed by atoms with E-state index in [9.17, 15) is 4.79 Å². The molecule has 1 aliphatic heterocycles. The summed E-state index contributed by atoms with van der Waals surface area (Å²) in [5, 5.41) is 13.5. The van der Waals surface area contributed by atoms with Crippen LogP contribution in [0, 0.1) is 0 Å². The molecule has 0 fully saturated rings. The van der Waals surface area contributed by atoms with E-state index in [0.29, 0.717) is 32.0 Å². The monoisotopic (exact) mass is 331 g/mol. The Balaban J connectivity index is 1.46. The van der Waals surface area contributed by atoms with Crippen molar-refractivity contribution < 1.29 is 14.3 Å². The molecular weight excluding hydrogens is 310 g/mol. The van der Waals surface area contributed by atoms with Crippen molar-refractivity contribution in [3.8, 4) is 11.5 Å². The second-order valence-corrected chi connectivity index (χ2v) is 5.65. The van der Waals surface area contributed by atoms with Gasteiger partial charge in [0.1, 0.15) is 19.5 Å². The van der Waals surface area contributed by atoms with Gasteiger partial charge in [0.25, 0.3) is 0 Å². The smallest absolute Gasteiger partial charge is 0.315 e. The Bertz CT molecular complexity index is 715. The number of benzene rings is 1. The normalized spacial score (nSPS) is 14.1. The molecule has 1 aromatic carbocycles. The summed E-state index contributed by atoms with van der Waals surface area (Å²) >= 11 is 0. The van der Waals surface area contributed by atoms with Crippen LogP contribution in [-0.4, -0.2) is 40.6 Å². The zero-order valence-electron chi connectivity index (χ0n) is 13.8. The Labute approximate surface area is 140 Å². The van der Waals surface area contributed by atoms with Gasteiger partial charge in [-0.2, -0.15) is 0 Å². The van der Waals surface area contributed by atoms with E-state index in [2.05, 4.69) is 20.8 Å². The first-order valence-corrected chi connectivity index (χ1v) is 7.90. The maximum Gasteiger partial charge on any atom is 0.315 e. The highest BCUT2D eigenvalue weighted by atomic mass is 16.6. The third kappa shape index (κ3) is 3.76. The Morgan fingerprint density at radius 1 is 1.33 bits per heavy atom. The van der Waals surface area contributed by atoms with E-state index in [4.69, 9.17) is 9.47 Å². The Morgan fingerprint density at radius 3 is 2.88 bits per heavy atom. The van der Waals surface area contributed by atoms with Gasteiger partial charge in [-0.3, -0.25) is 0 Å². The number of ether oxygens (including phenoxy) is 2. The number of hydrogen-bond acceptors (Lipinski definition) is 5. The molecule has 128 valence electrons. The molecule has 0 unspecified atom stereocenters. The zero-order chi connectivity index (χ0) is 16.9. The Hall–Kier alpha value is -2.77. The maximum atomic E-state index is 12.0. The van der Waals surface area contributed by atoms with E-state index < -0.39 is 0 Å². The largest absolute Gasteiger partial charge is 0.486 e. The van der Waals surface area contributed by atoms with Crippen LogP contribution in [0.5, 0.6) is 11.5 Å². The minimum atomic E-state index is -0.233. The summed E-state index contributed by atoms with van der Waals surface area (Å²) < 4.78 is 12.8. The van der Waals surface area contributed by atoms with Gasteiger partial charge in [0.05, 0.1) is 6.04 Å². The summed E-state index contributed by atoms with van der Waals surface area (Å²) in [5.41, 5.74) is 1.08. The quantitative estimate of drug-likeness (QED) is 0.859. The fourth-order valence-corrected chi connectivity index (χ4v) is 2.56. The summed E-state index contributed by atoms with van der Waals surface area (Å²) in [6, 6.07) is 5.39. The van der Waals surface area contributed by atoms with Crippen LogP contribution in [-0.2, 0) is 13.5 Å². The molecule has 1 aromatic heterocycles. The van der Waals surface area contributed by atoms with Crippen LogP contribution in [0.25, 0.3) is 0 Å². The van der Waals surface area contributed by atoms with Crippen LogP contribution < -0.4 is 20.1 Å². The third-order valence-corrected chi connectivity index (χ3v) is 3.79. The van der Waals surface area contributed by atoms with Gasteiger partial charge in [-0.25, -0.2) is 4.79 Å². The summed E-state index contributed by atoms with van der Waals surface area (Å²) in [6.07, 6.45) is 2.32. The highest BCUT2D eigenvalue weighted by Crippen LogP contribution is 2.30. The molecule has 3 rings (SSSR count). The van der Waals surface area contributed by atoms with Crippen molar-refractivity contribution >= 4 is 6.03 Å². The number of urea groups is 1. The highest BCUT2D eigenvalue weighted by Gasteiger charge is 2.14. The van der Waals surface area contributed by atoms with Gasteiger partial charge in [-0.05, 0) is 31.0 Å². The molecule has 2 heterocycles. The van der Waals surface area contributed by atoms with Crippen LogP contribution >= 0.6 is 0 Å². The third-order valence-electron chi connectivity index (χ3n) is 3.79. The molecule has 2 aromatic rings. The molecule has 2 amide bonds. The van der Waals surface area contributed by atoms with Crippen molar-refractivity contribution in [2.45, 2.75) is 19.4 Å². The summed E-state index contributed by atoms with van der Waals surface area (Å²) in [5.74, 6) is 2.24. The number of hydrogen-bond donors (Lipinski definition) is 2. The topological polar surface area (TPSA) is 90.3 Å². The fourth-order valence-electron chi connectivity index (χ4n) is 2.56.